The van der Waals surface area contributed by atoms with Crippen LogP contribution < -0.4 is 9.47 Å². The molecule has 33 heavy (non-hydrogen) atoms. The fourth-order valence-corrected chi connectivity index (χ4v) is 11.9. The lowest BCUT2D eigenvalue weighted by Crippen LogP contribution is -2.53. The van der Waals surface area contributed by atoms with Crippen LogP contribution in [0.4, 0.5) is 0 Å². The van der Waals surface area contributed by atoms with Gasteiger partial charge in [-0.25, -0.2) is 0 Å². The molecule has 3 aliphatic heterocycles. The maximum Gasteiger partial charge on any atom is 0.302 e. The smallest absolute Gasteiger partial charge is 0.302 e. The monoisotopic (exact) mass is 478 g/mol. The quantitative estimate of drug-likeness (QED) is 0.263. The number of hydrogen-bond donors (Lipinski definition) is 0. The van der Waals surface area contributed by atoms with Gasteiger partial charge in [0.2, 0.25) is 15.1 Å². The summed E-state index contributed by atoms with van der Waals surface area (Å²) in [4.78, 5) is 11.7. The Kier molecular flexibility index (Phi) is 6.84. The molecule has 3 heterocycles. The zero-order chi connectivity index (χ0) is 24.1. The molecular weight excluding hydrogens is 440 g/mol. The molecule has 0 spiro atoms. The van der Waals surface area contributed by atoms with Crippen molar-refractivity contribution >= 4 is 14.3 Å². The van der Waals surface area contributed by atoms with Crippen molar-refractivity contribution in [1.82, 2.24) is 0 Å². The highest BCUT2D eigenvalue weighted by Crippen LogP contribution is 2.61. The first-order valence-corrected chi connectivity index (χ1v) is 14.2. The molecule has 0 aromatic heterocycles. The molecule has 8 heteroatoms. The van der Waals surface area contributed by atoms with E-state index in [1.165, 1.54) is 6.92 Å². The van der Waals surface area contributed by atoms with Gasteiger partial charge in [-0.3, -0.25) is 4.79 Å². The van der Waals surface area contributed by atoms with Crippen molar-refractivity contribution in [3.8, 4) is 11.5 Å². The average Bonchev–Trinajstić information content (AvgIpc) is 3.44. The van der Waals surface area contributed by atoms with Crippen LogP contribution in [0.15, 0.2) is 12.1 Å². The molecule has 1 fully saturated rings. The third-order valence-corrected chi connectivity index (χ3v) is 13.8. The molecule has 2 bridgehead atoms. The van der Waals surface area contributed by atoms with Gasteiger partial charge in [0.15, 0.2) is 17.8 Å². The molecule has 0 aliphatic carbocycles. The summed E-state index contributed by atoms with van der Waals surface area (Å²) in [6, 6.07) is 4.04. The predicted octanol–water partition coefficient (Wildman–Crippen LogP) is 5.50. The first-order valence-electron chi connectivity index (χ1n) is 12.0. The number of benzene rings is 1. The van der Waals surface area contributed by atoms with Crippen LogP contribution in [-0.4, -0.2) is 41.1 Å². The van der Waals surface area contributed by atoms with Gasteiger partial charge in [-0.15, -0.1) is 0 Å². The van der Waals surface area contributed by atoms with Crippen LogP contribution in [0, 0.1) is 11.8 Å². The lowest BCUT2D eigenvalue weighted by Gasteiger charge is -2.46. The van der Waals surface area contributed by atoms with E-state index in [9.17, 15) is 4.79 Å². The molecule has 4 rings (SSSR count). The van der Waals surface area contributed by atoms with Gasteiger partial charge in [0.05, 0.1) is 18.8 Å². The first kappa shape index (κ1) is 24.5. The Morgan fingerprint density at radius 2 is 1.55 bits per heavy atom. The third-order valence-electron chi connectivity index (χ3n) is 7.77. The van der Waals surface area contributed by atoms with E-state index >= 15 is 0 Å². The maximum atomic E-state index is 11.7. The van der Waals surface area contributed by atoms with Gasteiger partial charge in [-0.1, -0.05) is 41.5 Å². The van der Waals surface area contributed by atoms with Crippen LogP contribution in [0.1, 0.15) is 71.8 Å². The number of carbonyl (C=O) groups excluding carboxylic acids is 1. The predicted molar refractivity (Wildman–Crippen MR) is 126 cm³/mol. The zero-order valence-electron chi connectivity index (χ0n) is 21.0. The van der Waals surface area contributed by atoms with E-state index in [1.807, 2.05) is 12.1 Å². The van der Waals surface area contributed by atoms with E-state index in [4.69, 9.17) is 28.1 Å². The Hall–Kier alpha value is -1.61. The van der Waals surface area contributed by atoms with Crippen molar-refractivity contribution in [2.24, 2.45) is 11.8 Å². The number of ether oxygens (including phenoxy) is 5. The molecule has 0 saturated carbocycles. The fraction of sp³-hybridized carbons (Fsp3) is 0.720. The summed E-state index contributed by atoms with van der Waals surface area (Å²) in [6.45, 7) is 15.5. The second-order valence-corrected chi connectivity index (χ2v) is 15.8. The van der Waals surface area contributed by atoms with Gasteiger partial charge in [-0.05, 0) is 39.9 Å². The second kappa shape index (κ2) is 9.21. The lowest BCUT2D eigenvalue weighted by molar-refractivity contribution is -0.149. The Morgan fingerprint density at radius 3 is 2.03 bits per heavy atom. The summed E-state index contributed by atoms with van der Waals surface area (Å²) in [5, 5.41) is 0. The first-order chi connectivity index (χ1) is 15.6. The Morgan fingerprint density at radius 1 is 1.00 bits per heavy atom. The highest BCUT2D eigenvalue weighted by Gasteiger charge is 2.58. The molecule has 0 radical (unpaired) electrons. The number of carbonyl (C=O) groups is 1. The van der Waals surface area contributed by atoms with Crippen molar-refractivity contribution in [1.29, 1.82) is 0 Å². The van der Waals surface area contributed by atoms with Crippen LogP contribution in [-0.2, 0) is 23.4 Å². The summed E-state index contributed by atoms with van der Waals surface area (Å²) in [5.74, 6) is 1.00. The summed E-state index contributed by atoms with van der Waals surface area (Å²) in [6.07, 6.45) is -0.889. The van der Waals surface area contributed by atoms with Crippen molar-refractivity contribution in [2.45, 2.75) is 83.6 Å². The number of fused-ring (bicyclic) bond motifs is 6. The van der Waals surface area contributed by atoms with Crippen molar-refractivity contribution in [2.75, 3.05) is 20.5 Å². The van der Waals surface area contributed by atoms with Crippen LogP contribution in [0.2, 0.25) is 16.6 Å². The third kappa shape index (κ3) is 3.99. The number of methoxy groups -OCH3 is 1. The Labute approximate surface area is 198 Å². The molecular formula is C25H38O7Si. The molecule has 1 saturated heterocycles. The standard InChI is InChI=1S/C25H38O7Si/c1-13(2)33(14(3)4,15(5)6)32-25(27-8)22-19(11-28-16(7)26)23-17-9-20-21(30-12-29-20)10-18(17)24(22)31-23/h9-10,13-15,19,22-25H,11-12H2,1-8H3/t19-,22-,23-,24+,25?/m1/s1. The number of esters is 1. The second-order valence-electron chi connectivity index (χ2n) is 10.4. The van der Waals surface area contributed by atoms with Gasteiger partial charge in [0, 0.05) is 25.9 Å². The van der Waals surface area contributed by atoms with E-state index < -0.39 is 14.6 Å². The van der Waals surface area contributed by atoms with E-state index in [0.29, 0.717) is 16.6 Å². The normalized spacial score (nSPS) is 26.4. The van der Waals surface area contributed by atoms with Gasteiger partial charge in [-0.2, -0.15) is 0 Å². The van der Waals surface area contributed by atoms with E-state index in [2.05, 4.69) is 41.5 Å². The van der Waals surface area contributed by atoms with E-state index in [1.54, 1.807) is 7.11 Å². The highest BCUT2D eigenvalue weighted by molar-refractivity contribution is 6.77. The molecule has 184 valence electrons. The van der Waals surface area contributed by atoms with Crippen molar-refractivity contribution in [3.63, 3.8) is 0 Å². The zero-order valence-corrected chi connectivity index (χ0v) is 22.0. The van der Waals surface area contributed by atoms with E-state index in [0.717, 1.165) is 22.6 Å². The number of hydrogen-bond acceptors (Lipinski definition) is 7. The molecule has 7 nitrogen and oxygen atoms in total. The molecule has 3 aliphatic rings. The molecule has 0 amide bonds. The summed E-state index contributed by atoms with van der Waals surface area (Å²) >= 11 is 0. The van der Waals surface area contributed by atoms with Gasteiger partial charge in [0.25, 0.3) is 0 Å². The Bertz CT molecular complexity index is 862. The largest absolute Gasteiger partial charge is 0.465 e. The van der Waals surface area contributed by atoms with Crippen LogP contribution in [0.25, 0.3) is 0 Å². The molecule has 0 N–H and O–H groups in total. The summed E-state index contributed by atoms with van der Waals surface area (Å²) < 4.78 is 36.4. The molecule has 1 aromatic rings. The van der Waals surface area contributed by atoms with Crippen LogP contribution in [0.3, 0.4) is 0 Å². The molecule has 5 atom stereocenters. The maximum absolute atomic E-state index is 11.7. The summed E-state index contributed by atoms with van der Waals surface area (Å²) in [5.41, 5.74) is 3.42. The minimum atomic E-state index is -2.22. The highest BCUT2D eigenvalue weighted by atomic mass is 28.4. The fourth-order valence-electron chi connectivity index (χ4n) is 6.48. The van der Waals surface area contributed by atoms with Crippen molar-refractivity contribution < 1.29 is 32.9 Å². The SMILES string of the molecule is COC(O[Si](C(C)C)(C(C)C)C(C)C)[C@@H]1[C@@H](COC(C)=O)[C@@H]2O[C@H]1c1cc3c(cc12)OCO3. The summed E-state index contributed by atoms with van der Waals surface area (Å²) in [7, 11) is -0.514. The molecule has 1 unspecified atom stereocenters. The Balaban J connectivity index is 1.72. The molecule has 1 aromatic carbocycles. The van der Waals surface area contributed by atoms with Crippen molar-refractivity contribution in [3.05, 3.63) is 23.3 Å². The van der Waals surface area contributed by atoms with Crippen LogP contribution in [0.5, 0.6) is 11.5 Å². The van der Waals surface area contributed by atoms with Gasteiger partial charge in [0.1, 0.15) is 0 Å². The van der Waals surface area contributed by atoms with Gasteiger partial charge < -0.3 is 28.1 Å². The topological polar surface area (TPSA) is 72.5 Å². The lowest BCUT2D eigenvalue weighted by atomic mass is 9.75. The minimum absolute atomic E-state index is 0.0742. The van der Waals surface area contributed by atoms with Crippen LogP contribution >= 0.6 is 0 Å². The minimum Gasteiger partial charge on any atom is -0.465 e. The average molecular weight is 479 g/mol. The van der Waals surface area contributed by atoms with E-state index in [-0.39, 0.29) is 43.4 Å². The van der Waals surface area contributed by atoms with Gasteiger partial charge >= 0.3 is 5.97 Å². The number of rotatable bonds is 9.